The number of carbonyl (C=O) groups is 3. The summed E-state index contributed by atoms with van der Waals surface area (Å²) in [6, 6.07) is 20.8. The molecule has 0 aliphatic carbocycles. The Hall–Kier alpha value is -4.00. The topological polar surface area (TPSA) is 66.9 Å². The molecule has 1 atom stereocenters. The normalized spacial score (nSPS) is 15.1. The smallest absolute Gasteiger partial charge is 0.310 e. The summed E-state index contributed by atoms with van der Waals surface area (Å²) in [6.45, 7) is 5.27. The van der Waals surface area contributed by atoms with E-state index in [0.29, 0.717) is 36.5 Å². The third-order valence-electron chi connectivity index (χ3n) is 6.77. The van der Waals surface area contributed by atoms with Crippen LogP contribution in [-0.2, 0) is 27.3 Å². The Morgan fingerprint density at radius 2 is 1.74 bits per heavy atom. The maximum absolute atomic E-state index is 13.9. The van der Waals surface area contributed by atoms with Crippen LogP contribution >= 0.6 is 0 Å². The molecule has 2 amide bonds. The number of carbonyl (C=O) groups excluding carboxylic acids is 3. The third kappa shape index (κ3) is 6.85. The number of esters is 1. The molecule has 38 heavy (non-hydrogen) atoms. The highest BCUT2D eigenvalue weighted by Crippen LogP contribution is 2.23. The maximum Gasteiger partial charge on any atom is 0.310 e. The number of hydrogen-bond donors (Lipinski definition) is 0. The number of anilines is 1. The van der Waals surface area contributed by atoms with E-state index in [1.165, 1.54) is 12.1 Å². The summed E-state index contributed by atoms with van der Waals surface area (Å²) in [5.41, 5.74) is 3.72. The van der Waals surface area contributed by atoms with Crippen LogP contribution in [0.3, 0.4) is 0 Å². The van der Waals surface area contributed by atoms with Crippen molar-refractivity contribution in [1.29, 1.82) is 0 Å². The Morgan fingerprint density at radius 1 is 1.00 bits per heavy atom. The molecule has 1 saturated heterocycles. The van der Waals surface area contributed by atoms with Crippen molar-refractivity contribution < 1.29 is 23.5 Å². The van der Waals surface area contributed by atoms with E-state index in [1.54, 1.807) is 41.0 Å². The summed E-state index contributed by atoms with van der Waals surface area (Å²) in [5.74, 6) is -1.12. The largest absolute Gasteiger partial charge is 0.466 e. The minimum Gasteiger partial charge on any atom is -0.466 e. The monoisotopic (exact) mass is 516 g/mol. The van der Waals surface area contributed by atoms with Gasteiger partial charge in [-0.1, -0.05) is 42.0 Å². The zero-order chi connectivity index (χ0) is 27.1. The van der Waals surface area contributed by atoms with Gasteiger partial charge in [-0.25, -0.2) is 4.39 Å². The highest BCUT2D eigenvalue weighted by molar-refractivity contribution is 6.06. The molecule has 1 aliphatic rings. The molecule has 6 nitrogen and oxygen atoms in total. The van der Waals surface area contributed by atoms with E-state index >= 15 is 0 Å². The molecule has 0 radical (unpaired) electrons. The quantitative estimate of drug-likeness (QED) is 0.380. The van der Waals surface area contributed by atoms with Crippen LogP contribution in [0.4, 0.5) is 10.1 Å². The third-order valence-corrected chi connectivity index (χ3v) is 6.77. The SMILES string of the molecule is CCOC(=O)C1CCCN(C(=O)Cc2ccc(N(Cc3cccc(F)c3)C(=O)c3ccc(C)cc3)cc2)C1. The Bertz CT molecular complexity index is 1270. The Kier molecular flexibility index (Phi) is 8.89. The van der Waals surface area contributed by atoms with Gasteiger partial charge in [-0.15, -0.1) is 0 Å². The number of aryl methyl sites for hydroxylation is 1. The molecule has 0 saturated carbocycles. The molecule has 3 aromatic carbocycles. The number of likely N-dealkylation sites (tertiary alicyclic amines) is 1. The van der Waals surface area contributed by atoms with Gasteiger partial charge in [-0.2, -0.15) is 0 Å². The average Bonchev–Trinajstić information content (AvgIpc) is 2.92. The molecule has 1 heterocycles. The second-order valence-corrected chi connectivity index (χ2v) is 9.66. The molecule has 1 fully saturated rings. The lowest BCUT2D eigenvalue weighted by Gasteiger charge is -2.31. The van der Waals surface area contributed by atoms with Crippen molar-refractivity contribution in [2.75, 3.05) is 24.6 Å². The molecule has 0 spiro atoms. The summed E-state index contributed by atoms with van der Waals surface area (Å²) in [5, 5.41) is 0. The molecule has 1 aliphatic heterocycles. The second kappa shape index (κ2) is 12.5. The molecule has 1 unspecified atom stereocenters. The summed E-state index contributed by atoms with van der Waals surface area (Å²) >= 11 is 0. The van der Waals surface area contributed by atoms with Crippen LogP contribution in [0.15, 0.2) is 72.8 Å². The van der Waals surface area contributed by atoms with Gasteiger partial charge >= 0.3 is 5.97 Å². The number of halogens is 1. The zero-order valence-electron chi connectivity index (χ0n) is 21.9. The second-order valence-electron chi connectivity index (χ2n) is 9.66. The maximum atomic E-state index is 13.9. The Morgan fingerprint density at radius 3 is 2.42 bits per heavy atom. The van der Waals surface area contributed by atoms with Crippen molar-refractivity contribution in [3.8, 4) is 0 Å². The summed E-state index contributed by atoms with van der Waals surface area (Å²) in [7, 11) is 0. The Labute approximate surface area is 223 Å². The number of rotatable bonds is 8. The number of hydrogen-bond acceptors (Lipinski definition) is 4. The lowest BCUT2D eigenvalue weighted by atomic mass is 9.97. The van der Waals surface area contributed by atoms with Gasteiger partial charge in [0.2, 0.25) is 5.91 Å². The van der Waals surface area contributed by atoms with Crippen molar-refractivity contribution in [3.05, 3.63) is 101 Å². The molecule has 0 N–H and O–H groups in total. The van der Waals surface area contributed by atoms with Crippen LogP contribution in [0.5, 0.6) is 0 Å². The lowest BCUT2D eigenvalue weighted by molar-refractivity contribution is -0.151. The first-order chi connectivity index (χ1) is 18.3. The fraction of sp³-hybridized carbons (Fsp3) is 0.323. The number of amides is 2. The fourth-order valence-corrected chi connectivity index (χ4v) is 4.69. The standard InChI is InChI=1S/C31H33FN2O4/c1-3-38-31(37)26-7-5-17-33(21-26)29(35)19-23-11-15-28(16-12-23)34(20-24-6-4-8-27(32)18-24)30(36)25-13-9-22(2)10-14-25/h4,6,8-16,18,26H,3,5,7,17,19-21H2,1-2H3. The molecular formula is C31H33FN2O4. The van der Waals surface area contributed by atoms with Crippen LogP contribution in [0.25, 0.3) is 0 Å². The summed E-state index contributed by atoms with van der Waals surface area (Å²) in [4.78, 5) is 41.9. The number of ether oxygens (including phenoxy) is 1. The molecule has 4 rings (SSSR count). The summed E-state index contributed by atoms with van der Waals surface area (Å²) < 4.78 is 19.0. The van der Waals surface area contributed by atoms with Crippen molar-refractivity contribution >= 4 is 23.5 Å². The van der Waals surface area contributed by atoms with Crippen LogP contribution in [-0.4, -0.2) is 42.4 Å². The molecule has 0 bridgehead atoms. The van der Waals surface area contributed by atoms with E-state index < -0.39 is 0 Å². The van der Waals surface area contributed by atoms with E-state index in [0.717, 1.165) is 24.0 Å². The first kappa shape index (κ1) is 27.0. The fourth-order valence-electron chi connectivity index (χ4n) is 4.69. The number of piperidine rings is 1. The molecule has 0 aromatic heterocycles. The van der Waals surface area contributed by atoms with Crippen molar-refractivity contribution in [2.24, 2.45) is 5.92 Å². The molecular weight excluding hydrogens is 483 g/mol. The van der Waals surface area contributed by atoms with Gasteiger partial charge < -0.3 is 14.5 Å². The van der Waals surface area contributed by atoms with Crippen LogP contribution < -0.4 is 4.90 Å². The van der Waals surface area contributed by atoms with Crippen molar-refractivity contribution in [1.82, 2.24) is 4.90 Å². The Balaban J connectivity index is 1.49. The first-order valence-electron chi connectivity index (χ1n) is 13.0. The van der Waals surface area contributed by atoms with Crippen molar-refractivity contribution in [3.63, 3.8) is 0 Å². The highest BCUT2D eigenvalue weighted by atomic mass is 19.1. The minimum atomic E-state index is -0.359. The summed E-state index contributed by atoms with van der Waals surface area (Å²) in [6.07, 6.45) is 1.70. The minimum absolute atomic E-state index is 0.0425. The highest BCUT2D eigenvalue weighted by Gasteiger charge is 2.29. The van der Waals surface area contributed by atoms with Gasteiger partial charge in [0.1, 0.15) is 5.82 Å². The van der Waals surface area contributed by atoms with Crippen molar-refractivity contribution in [2.45, 2.75) is 39.7 Å². The average molecular weight is 517 g/mol. The van der Waals surface area contributed by atoms with Gasteiger partial charge in [0, 0.05) is 24.3 Å². The van der Waals surface area contributed by atoms with Gasteiger partial charge in [0.05, 0.1) is 25.5 Å². The predicted octanol–water partition coefficient (Wildman–Crippen LogP) is 5.33. The predicted molar refractivity (Wildman–Crippen MR) is 144 cm³/mol. The first-order valence-corrected chi connectivity index (χ1v) is 13.0. The zero-order valence-corrected chi connectivity index (χ0v) is 21.9. The lowest BCUT2D eigenvalue weighted by Crippen LogP contribution is -2.43. The van der Waals surface area contributed by atoms with E-state index in [1.807, 2.05) is 43.3 Å². The van der Waals surface area contributed by atoms with E-state index in [2.05, 4.69) is 0 Å². The number of benzene rings is 3. The van der Waals surface area contributed by atoms with E-state index in [9.17, 15) is 18.8 Å². The molecule has 7 heteroatoms. The van der Waals surface area contributed by atoms with Gasteiger partial charge in [-0.05, 0) is 74.2 Å². The van der Waals surface area contributed by atoms with Crippen LogP contribution in [0, 0.1) is 18.7 Å². The van der Waals surface area contributed by atoms with Gasteiger partial charge in [0.25, 0.3) is 5.91 Å². The van der Waals surface area contributed by atoms with Gasteiger partial charge in [0.15, 0.2) is 0 Å². The van der Waals surface area contributed by atoms with E-state index in [4.69, 9.17) is 4.74 Å². The molecule has 198 valence electrons. The number of nitrogens with zero attached hydrogens (tertiary/aromatic N) is 2. The molecule has 3 aromatic rings. The van der Waals surface area contributed by atoms with E-state index in [-0.39, 0.29) is 42.5 Å². The van der Waals surface area contributed by atoms with Crippen LogP contribution in [0.1, 0.15) is 46.8 Å². The van der Waals surface area contributed by atoms with Gasteiger partial charge in [-0.3, -0.25) is 14.4 Å². The van der Waals surface area contributed by atoms with Crippen LogP contribution in [0.2, 0.25) is 0 Å².